The van der Waals surface area contributed by atoms with Crippen molar-refractivity contribution in [1.29, 1.82) is 0 Å². The summed E-state index contributed by atoms with van der Waals surface area (Å²) in [6.45, 7) is 0.691. The highest BCUT2D eigenvalue weighted by atomic mass is 32.1. The normalized spacial score (nSPS) is 10.6. The van der Waals surface area contributed by atoms with Gasteiger partial charge in [-0.2, -0.15) is 0 Å². The largest absolute Gasteiger partial charge is 0.380 e. The summed E-state index contributed by atoms with van der Waals surface area (Å²) in [7, 11) is 0. The maximum absolute atomic E-state index is 11.0. The lowest BCUT2D eigenvalue weighted by atomic mass is 10.1. The highest BCUT2D eigenvalue weighted by Crippen LogP contribution is 2.21. The minimum Gasteiger partial charge on any atom is -0.380 e. The van der Waals surface area contributed by atoms with Crippen LogP contribution in [-0.2, 0) is 6.54 Å². The van der Waals surface area contributed by atoms with Crippen LogP contribution in [0.2, 0.25) is 0 Å². The fourth-order valence-electron chi connectivity index (χ4n) is 2.09. The Morgan fingerprint density at radius 2 is 1.90 bits per heavy atom. The molecular weight excluding hydrogens is 268 g/mol. The number of nitrogens with one attached hydrogen (secondary N) is 1. The van der Waals surface area contributed by atoms with Crippen LogP contribution in [0, 0.1) is 0 Å². The molecule has 0 unspecified atom stereocenters. The van der Waals surface area contributed by atoms with Gasteiger partial charge in [0.2, 0.25) is 5.91 Å². The third-order valence-corrected chi connectivity index (χ3v) is 4.09. The van der Waals surface area contributed by atoms with Crippen LogP contribution in [0.15, 0.2) is 53.9 Å². The topological polar surface area (TPSA) is 55.1 Å². The number of rotatable bonds is 4. The second-order valence-corrected chi connectivity index (χ2v) is 5.58. The van der Waals surface area contributed by atoms with Gasteiger partial charge in [0.25, 0.3) is 0 Å². The molecule has 0 radical (unpaired) electrons. The number of carbonyl (C=O) groups excluding carboxylic acids is 1. The number of hydrogen-bond acceptors (Lipinski definition) is 3. The van der Waals surface area contributed by atoms with Gasteiger partial charge in [0, 0.05) is 22.5 Å². The summed E-state index contributed by atoms with van der Waals surface area (Å²) in [5, 5.41) is 7.59. The zero-order valence-electron chi connectivity index (χ0n) is 10.8. The summed E-state index contributed by atoms with van der Waals surface area (Å²) >= 11 is 1.54. The van der Waals surface area contributed by atoms with Crippen LogP contribution in [0.4, 0.5) is 5.69 Å². The van der Waals surface area contributed by atoms with Crippen molar-refractivity contribution in [2.45, 2.75) is 6.54 Å². The van der Waals surface area contributed by atoms with Gasteiger partial charge in [-0.25, -0.2) is 0 Å². The van der Waals surface area contributed by atoms with Crippen molar-refractivity contribution in [3.05, 3.63) is 64.4 Å². The average Bonchev–Trinajstić information content (AvgIpc) is 2.94. The van der Waals surface area contributed by atoms with Crippen molar-refractivity contribution in [3.8, 4) is 0 Å². The van der Waals surface area contributed by atoms with Crippen LogP contribution >= 0.6 is 11.3 Å². The lowest BCUT2D eigenvalue weighted by Crippen LogP contribution is -2.09. The van der Waals surface area contributed by atoms with Crippen molar-refractivity contribution in [2.75, 3.05) is 5.32 Å². The first-order chi connectivity index (χ1) is 9.72. The third kappa shape index (κ3) is 2.65. The first-order valence-corrected chi connectivity index (χ1v) is 7.20. The quantitative estimate of drug-likeness (QED) is 0.768. The molecule has 0 spiro atoms. The molecule has 0 aliphatic rings. The molecule has 1 aromatic heterocycles. The van der Waals surface area contributed by atoms with Crippen molar-refractivity contribution < 1.29 is 4.79 Å². The monoisotopic (exact) mass is 282 g/mol. The van der Waals surface area contributed by atoms with E-state index in [1.54, 1.807) is 5.38 Å². The lowest BCUT2D eigenvalue weighted by molar-refractivity contribution is 0.100. The first-order valence-electron chi connectivity index (χ1n) is 6.32. The molecule has 0 aliphatic heterocycles. The second kappa shape index (κ2) is 5.35. The summed E-state index contributed by atoms with van der Waals surface area (Å²) < 4.78 is 0. The molecule has 4 heteroatoms. The molecule has 0 atom stereocenters. The zero-order valence-corrected chi connectivity index (χ0v) is 11.6. The van der Waals surface area contributed by atoms with E-state index in [-0.39, 0.29) is 5.91 Å². The lowest BCUT2D eigenvalue weighted by Gasteiger charge is -2.06. The van der Waals surface area contributed by atoms with Crippen LogP contribution in [0.3, 0.4) is 0 Å². The van der Waals surface area contributed by atoms with E-state index in [1.807, 2.05) is 18.2 Å². The van der Waals surface area contributed by atoms with Crippen molar-refractivity contribution in [1.82, 2.24) is 0 Å². The second-order valence-electron chi connectivity index (χ2n) is 4.58. The highest BCUT2D eigenvalue weighted by molar-refractivity contribution is 7.10. The van der Waals surface area contributed by atoms with Crippen molar-refractivity contribution >= 4 is 33.7 Å². The summed E-state index contributed by atoms with van der Waals surface area (Å²) in [6.07, 6.45) is 0. The number of thiophene rings is 1. The van der Waals surface area contributed by atoms with Gasteiger partial charge in [-0.1, -0.05) is 30.3 Å². The maximum Gasteiger partial charge on any atom is 0.249 e. The molecule has 20 heavy (non-hydrogen) atoms. The Morgan fingerprint density at radius 3 is 2.65 bits per heavy atom. The zero-order chi connectivity index (χ0) is 13.9. The van der Waals surface area contributed by atoms with E-state index < -0.39 is 0 Å². The molecular formula is C16H14N2OS. The summed E-state index contributed by atoms with van der Waals surface area (Å²) in [5.74, 6) is -0.377. The molecule has 2 aromatic carbocycles. The van der Waals surface area contributed by atoms with Gasteiger partial charge in [-0.15, -0.1) is 11.3 Å². The fourth-order valence-corrected chi connectivity index (χ4v) is 2.90. The Bertz CT molecular complexity index is 764. The minimum absolute atomic E-state index is 0.377. The number of hydrogen-bond donors (Lipinski definition) is 2. The SMILES string of the molecule is NC(=O)c1csc(CNc2ccc3ccccc3c2)c1. The molecule has 0 fully saturated rings. The summed E-state index contributed by atoms with van der Waals surface area (Å²) in [5.41, 5.74) is 6.89. The van der Waals surface area contributed by atoms with Gasteiger partial charge in [0.05, 0.1) is 5.56 Å². The number of anilines is 1. The minimum atomic E-state index is -0.377. The van der Waals surface area contributed by atoms with Gasteiger partial charge in [-0.3, -0.25) is 4.79 Å². The Kier molecular flexibility index (Phi) is 3.39. The predicted molar refractivity (Wildman–Crippen MR) is 84.1 cm³/mol. The average molecular weight is 282 g/mol. The van der Waals surface area contributed by atoms with E-state index in [0.29, 0.717) is 12.1 Å². The van der Waals surface area contributed by atoms with Crippen LogP contribution in [0.1, 0.15) is 15.2 Å². The van der Waals surface area contributed by atoms with Crippen LogP contribution in [0.25, 0.3) is 10.8 Å². The van der Waals surface area contributed by atoms with Crippen LogP contribution < -0.4 is 11.1 Å². The standard InChI is InChI=1S/C16H14N2OS/c17-16(19)13-8-15(20-10-13)9-18-14-6-5-11-3-1-2-4-12(11)7-14/h1-8,10,18H,9H2,(H2,17,19). The Balaban J connectivity index is 1.74. The van der Waals surface area contributed by atoms with E-state index in [9.17, 15) is 4.79 Å². The smallest absolute Gasteiger partial charge is 0.249 e. The number of nitrogens with two attached hydrogens (primary N) is 1. The van der Waals surface area contributed by atoms with Crippen LogP contribution in [-0.4, -0.2) is 5.91 Å². The number of primary amides is 1. The number of amides is 1. The van der Waals surface area contributed by atoms with Crippen molar-refractivity contribution in [3.63, 3.8) is 0 Å². The molecule has 100 valence electrons. The van der Waals surface area contributed by atoms with E-state index in [0.717, 1.165) is 10.6 Å². The number of benzene rings is 2. The molecule has 0 bridgehead atoms. The summed E-state index contributed by atoms with van der Waals surface area (Å²) in [4.78, 5) is 12.1. The Labute approximate surface area is 121 Å². The highest BCUT2D eigenvalue weighted by Gasteiger charge is 2.04. The molecule has 3 N–H and O–H groups in total. The Morgan fingerprint density at radius 1 is 1.10 bits per heavy atom. The molecule has 1 heterocycles. The number of carbonyl (C=O) groups is 1. The molecule has 0 saturated carbocycles. The molecule has 3 rings (SSSR count). The van der Waals surface area contributed by atoms with Crippen LogP contribution in [0.5, 0.6) is 0 Å². The van der Waals surface area contributed by atoms with Gasteiger partial charge in [0.15, 0.2) is 0 Å². The number of fused-ring (bicyclic) bond motifs is 1. The maximum atomic E-state index is 11.0. The predicted octanol–water partition coefficient (Wildman–Crippen LogP) is 3.61. The Hall–Kier alpha value is -2.33. The third-order valence-electron chi connectivity index (χ3n) is 3.15. The van der Waals surface area contributed by atoms with Crippen molar-refractivity contribution in [2.24, 2.45) is 5.73 Å². The molecule has 0 saturated heterocycles. The molecule has 0 aliphatic carbocycles. The van der Waals surface area contributed by atoms with E-state index in [1.165, 1.54) is 22.1 Å². The van der Waals surface area contributed by atoms with Gasteiger partial charge in [0.1, 0.15) is 0 Å². The van der Waals surface area contributed by atoms with E-state index in [4.69, 9.17) is 5.73 Å². The molecule has 3 nitrogen and oxygen atoms in total. The van der Waals surface area contributed by atoms with Gasteiger partial charge >= 0.3 is 0 Å². The molecule has 1 amide bonds. The van der Waals surface area contributed by atoms with Gasteiger partial charge < -0.3 is 11.1 Å². The van der Waals surface area contributed by atoms with E-state index >= 15 is 0 Å². The fraction of sp³-hybridized carbons (Fsp3) is 0.0625. The summed E-state index contributed by atoms with van der Waals surface area (Å²) in [6, 6.07) is 16.4. The van der Waals surface area contributed by atoms with Gasteiger partial charge in [-0.05, 0) is 29.0 Å². The first kappa shape index (κ1) is 12.7. The molecule has 3 aromatic rings. The van der Waals surface area contributed by atoms with E-state index in [2.05, 4.69) is 35.6 Å².